The van der Waals surface area contributed by atoms with Crippen LogP contribution in [0.25, 0.3) is 16.8 Å². The number of hydrogen-bond donors (Lipinski definition) is 1. The molecule has 2 N–H and O–H groups in total. The van der Waals surface area contributed by atoms with Gasteiger partial charge in [0, 0.05) is 24.8 Å². The van der Waals surface area contributed by atoms with Gasteiger partial charge in [-0.2, -0.15) is 0 Å². The summed E-state index contributed by atoms with van der Waals surface area (Å²) in [6.07, 6.45) is 5.95. The maximum atomic E-state index is 13.1. The monoisotopic (exact) mass is 343 g/mol. The van der Waals surface area contributed by atoms with Gasteiger partial charge >= 0.3 is 0 Å². The van der Waals surface area contributed by atoms with Gasteiger partial charge in [-0.3, -0.25) is 4.40 Å². The van der Waals surface area contributed by atoms with Crippen molar-refractivity contribution in [3.05, 3.63) is 54.9 Å². The Morgan fingerprint density at radius 1 is 0.958 bits per heavy atom. The molecule has 0 aliphatic carbocycles. The number of rotatable bonds is 2. The van der Waals surface area contributed by atoms with Gasteiger partial charge in [-0.05, 0) is 24.3 Å². The molecule has 0 saturated carbocycles. The van der Waals surface area contributed by atoms with Gasteiger partial charge in [0.1, 0.15) is 16.2 Å². The maximum absolute atomic E-state index is 13.1. The van der Waals surface area contributed by atoms with Gasteiger partial charge in [-0.1, -0.05) is 0 Å². The molecule has 7 nitrogen and oxygen atoms in total. The van der Waals surface area contributed by atoms with Crippen LogP contribution >= 0.6 is 0 Å². The third kappa shape index (κ3) is 1.95. The van der Waals surface area contributed by atoms with Gasteiger partial charge in [0.05, 0.1) is 10.6 Å². The lowest BCUT2D eigenvalue weighted by Crippen LogP contribution is -2.10. The fourth-order valence-corrected chi connectivity index (χ4v) is 4.08. The highest BCUT2D eigenvalue weighted by molar-refractivity contribution is 7.92. The van der Waals surface area contributed by atoms with E-state index in [2.05, 4.69) is 15.0 Å². The van der Waals surface area contributed by atoms with Crippen LogP contribution < -0.4 is 5.73 Å². The van der Waals surface area contributed by atoms with E-state index in [-0.39, 0.29) is 26.6 Å². The summed E-state index contributed by atoms with van der Waals surface area (Å²) < 4.78 is 40.8. The molecule has 4 aromatic rings. The van der Waals surface area contributed by atoms with E-state index in [1.165, 1.54) is 30.7 Å². The first-order valence-corrected chi connectivity index (χ1v) is 8.34. The summed E-state index contributed by atoms with van der Waals surface area (Å²) >= 11 is 0. The van der Waals surface area contributed by atoms with Gasteiger partial charge in [0.2, 0.25) is 9.84 Å². The van der Waals surface area contributed by atoms with Crippen molar-refractivity contribution in [2.24, 2.45) is 0 Å². The largest absolute Gasteiger partial charge is 0.395 e. The normalized spacial score (nSPS) is 12.0. The van der Waals surface area contributed by atoms with Crippen LogP contribution in [0.4, 0.5) is 10.1 Å². The van der Waals surface area contributed by atoms with Crippen LogP contribution in [0.1, 0.15) is 0 Å². The summed E-state index contributed by atoms with van der Waals surface area (Å²) in [5.74, 6) is -0.532. The zero-order valence-electron chi connectivity index (χ0n) is 12.1. The van der Waals surface area contributed by atoms with Crippen molar-refractivity contribution in [2.45, 2.75) is 9.79 Å². The van der Waals surface area contributed by atoms with E-state index in [1.807, 2.05) is 0 Å². The molecule has 3 aromatic heterocycles. The topological polar surface area (TPSA) is 103 Å². The summed E-state index contributed by atoms with van der Waals surface area (Å²) in [5.41, 5.74) is 6.76. The van der Waals surface area contributed by atoms with Gasteiger partial charge in [-0.15, -0.1) is 0 Å². The molecular formula is C15H10FN5O2S. The van der Waals surface area contributed by atoms with E-state index >= 15 is 0 Å². The van der Waals surface area contributed by atoms with Crippen molar-refractivity contribution in [1.82, 2.24) is 19.4 Å². The second-order valence-electron chi connectivity index (χ2n) is 5.05. The van der Waals surface area contributed by atoms with E-state index in [9.17, 15) is 12.8 Å². The second kappa shape index (κ2) is 4.96. The number of hydrogen-bond acceptors (Lipinski definition) is 6. The molecule has 0 fully saturated rings. The Hall–Kier alpha value is -3.07. The number of nitrogen functional groups attached to an aromatic ring is 1. The molecule has 1 aromatic carbocycles. The summed E-state index contributed by atoms with van der Waals surface area (Å²) in [6.45, 7) is 0. The molecule has 120 valence electrons. The second-order valence-corrected chi connectivity index (χ2v) is 6.94. The predicted octanol–water partition coefficient (Wildman–Crippen LogP) is 1.83. The molecule has 9 heteroatoms. The Labute approximate surface area is 135 Å². The Morgan fingerprint density at radius 3 is 2.38 bits per heavy atom. The Kier molecular flexibility index (Phi) is 3.00. The van der Waals surface area contributed by atoms with Gasteiger partial charge in [0.25, 0.3) is 0 Å². The predicted molar refractivity (Wildman–Crippen MR) is 84.6 cm³/mol. The number of pyridine rings is 1. The average Bonchev–Trinajstić information content (AvgIpc) is 3.06. The van der Waals surface area contributed by atoms with Crippen LogP contribution in [0.3, 0.4) is 0 Å². The van der Waals surface area contributed by atoms with Crippen LogP contribution in [-0.4, -0.2) is 27.8 Å². The summed E-state index contributed by atoms with van der Waals surface area (Å²) in [7, 11) is -4.03. The molecule has 0 amide bonds. The Balaban J connectivity index is 2.15. The summed E-state index contributed by atoms with van der Waals surface area (Å²) in [5, 5.41) is 0. The van der Waals surface area contributed by atoms with Crippen LogP contribution in [0.2, 0.25) is 0 Å². The van der Waals surface area contributed by atoms with E-state index in [0.29, 0.717) is 5.65 Å². The number of aromatic nitrogens is 4. The van der Waals surface area contributed by atoms with Crippen molar-refractivity contribution in [3.8, 4) is 0 Å². The van der Waals surface area contributed by atoms with Gasteiger partial charge in [0.15, 0.2) is 11.3 Å². The first-order valence-electron chi connectivity index (χ1n) is 6.86. The lowest BCUT2D eigenvalue weighted by Gasteiger charge is -2.12. The highest BCUT2D eigenvalue weighted by atomic mass is 32.2. The molecule has 0 unspecified atom stereocenters. The van der Waals surface area contributed by atoms with Crippen LogP contribution in [0.15, 0.2) is 58.8 Å². The van der Waals surface area contributed by atoms with Crippen molar-refractivity contribution >= 4 is 32.3 Å². The molecule has 0 aliphatic heterocycles. The standard InChI is InChI=1S/C15H10FN5O2S/c16-9-1-3-10(4-2-9)24(22,23)13-11(17)14-20-7-8-21(14)15-12(13)18-5-6-19-15/h1-8H,17H2. The highest BCUT2D eigenvalue weighted by Crippen LogP contribution is 2.33. The zero-order valence-corrected chi connectivity index (χ0v) is 12.9. The molecule has 3 heterocycles. The van der Waals surface area contributed by atoms with Gasteiger partial charge < -0.3 is 5.73 Å². The van der Waals surface area contributed by atoms with Crippen molar-refractivity contribution < 1.29 is 12.8 Å². The number of halogens is 1. The third-order valence-electron chi connectivity index (χ3n) is 3.64. The van der Waals surface area contributed by atoms with Crippen molar-refractivity contribution in [3.63, 3.8) is 0 Å². The summed E-state index contributed by atoms with van der Waals surface area (Å²) in [6, 6.07) is 4.51. The SMILES string of the molecule is Nc1c(S(=O)(=O)c2ccc(F)cc2)c2nccnc2n2ccnc12. The number of nitrogens with zero attached hydrogens (tertiary/aromatic N) is 4. The average molecular weight is 343 g/mol. The van der Waals surface area contributed by atoms with E-state index in [4.69, 9.17) is 5.73 Å². The first kappa shape index (κ1) is 14.5. The molecule has 0 spiro atoms. The van der Waals surface area contributed by atoms with E-state index < -0.39 is 15.7 Å². The van der Waals surface area contributed by atoms with E-state index in [0.717, 1.165) is 12.1 Å². The number of fused-ring (bicyclic) bond motifs is 3. The minimum absolute atomic E-state index is 0.0303. The number of nitrogens with two attached hydrogens (primary N) is 1. The smallest absolute Gasteiger partial charge is 0.211 e. The minimum atomic E-state index is -4.03. The Bertz CT molecular complexity index is 1190. The van der Waals surface area contributed by atoms with Crippen LogP contribution in [0, 0.1) is 5.82 Å². The number of benzene rings is 1. The first-order chi connectivity index (χ1) is 11.5. The van der Waals surface area contributed by atoms with E-state index in [1.54, 1.807) is 10.6 Å². The lowest BCUT2D eigenvalue weighted by atomic mass is 10.3. The van der Waals surface area contributed by atoms with Crippen molar-refractivity contribution in [1.29, 1.82) is 0 Å². The summed E-state index contributed by atoms with van der Waals surface area (Å²) in [4.78, 5) is 12.1. The molecule has 0 radical (unpaired) electrons. The zero-order chi connectivity index (χ0) is 16.9. The molecule has 4 rings (SSSR count). The van der Waals surface area contributed by atoms with Crippen LogP contribution in [0.5, 0.6) is 0 Å². The molecule has 0 bridgehead atoms. The molecule has 0 atom stereocenters. The molecule has 0 aliphatic rings. The highest BCUT2D eigenvalue weighted by Gasteiger charge is 2.27. The maximum Gasteiger partial charge on any atom is 0.211 e. The number of imidazole rings is 1. The molecule has 24 heavy (non-hydrogen) atoms. The number of anilines is 1. The van der Waals surface area contributed by atoms with Gasteiger partial charge in [-0.25, -0.2) is 27.8 Å². The fraction of sp³-hybridized carbons (Fsp3) is 0. The van der Waals surface area contributed by atoms with Crippen molar-refractivity contribution in [2.75, 3.05) is 5.73 Å². The minimum Gasteiger partial charge on any atom is -0.395 e. The fourth-order valence-electron chi connectivity index (χ4n) is 2.57. The molecule has 0 saturated heterocycles. The quantitative estimate of drug-likeness (QED) is 0.557. The lowest BCUT2D eigenvalue weighted by molar-refractivity contribution is 0.595. The molecular weight excluding hydrogens is 333 g/mol. The Morgan fingerprint density at radius 2 is 1.62 bits per heavy atom. The van der Waals surface area contributed by atoms with Crippen LogP contribution in [-0.2, 0) is 9.84 Å². The number of sulfone groups is 1. The third-order valence-corrected chi connectivity index (χ3v) is 5.48.